The number of anilines is 1. The summed E-state index contributed by atoms with van der Waals surface area (Å²) < 4.78 is 40.1. The third-order valence-corrected chi connectivity index (χ3v) is 3.55. The van der Waals surface area contributed by atoms with Gasteiger partial charge in [-0.2, -0.15) is 23.3 Å². The van der Waals surface area contributed by atoms with Crippen LogP contribution in [0.25, 0.3) is 5.65 Å². The summed E-state index contributed by atoms with van der Waals surface area (Å²) >= 11 is 5.91. The van der Waals surface area contributed by atoms with E-state index in [-0.39, 0.29) is 22.3 Å². The SMILES string of the molecule is CCc1nc2c(Cl)cc(C(F)(F)F)cn2c1C(=O)Nc1ncn[nH]1. The molecule has 0 radical (unpaired) electrons. The molecule has 3 heterocycles. The number of hydrogen-bond donors (Lipinski definition) is 2. The zero-order valence-corrected chi connectivity index (χ0v) is 12.9. The first kappa shape index (κ1) is 16.2. The summed E-state index contributed by atoms with van der Waals surface area (Å²) in [7, 11) is 0. The highest BCUT2D eigenvalue weighted by Gasteiger charge is 2.33. The van der Waals surface area contributed by atoms with Crippen LogP contribution in [0.3, 0.4) is 0 Å². The van der Waals surface area contributed by atoms with E-state index in [9.17, 15) is 18.0 Å². The molecule has 11 heteroatoms. The number of halogens is 4. The molecule has 0 aliphatic rings. The molecule has 1 amide bonds. The van der Waals surface area contributed by atoms with Crippen molar-refractivity contribution in [3.05, 3.63) is 40.6 Å². The van der Waals surface area contributed by atoms with Gasteiger partial charge in [0.1, 0.15) is 12.0 Å². The highest BCUT2D eigenvalue weighted by molar-refractivity contribution is 6.33. The molecule has 0 aliphatic heterocycles. The average Bonchev–Trinajstić information content (AvgIpc) is 3.12. The number of pyridine rings is 1. The van der Waals surface area contributed by atoms with Crippen LogP contribution in [-0.2, 0) is 12.6 Å². The third-order valence-electron chi connectivity index (χ3n) is 3.27. The van der Waals surface area contributed by atoms with Gasteiger partial charge in [-0.15, -0.1) is 0 Å². The zero-order chi connectivity index (χ0) is 17.5. The molecule has 3 aromatic heterocycles. The third kappa shape index (κ3) is 2.80. The highest BCUT2D eigenvalue weighted by atomic mass is 35.5. The Balaban J connectivity index is 2.17. The van der Waals surface area contributed by atoms with Crippen molar-refractivity contribution in [2.45, 2.75) is 19.5 Å². The largest absolute Gasteiger partial charge is 0.417 e. The smallest absolute Gasteiger partial charge is 0.293 e. The summed E-state index contributed by atoms with van der Waals surface area (Å²) in [5, 5.41) is 8.23. The molecular weight excluding hydrogens is 349 g/mol. The van der Waals surface area contributed by atoms with Crippen LogP contribution in [0, 0.1) is 0 Å². The van der Waals surface area contributed by atoms with E-state index in [4.69, 9.17) is 11.6 Å². The average molecular weight is 359 g/mol. The molecule has 0 unspecified atom stereocenters. The van der Waals surface area contributed by atoms with Gasteiger partial charge in [0.15, 0.2) is 5.65 Å². The van der Waals surface area contributed by atoms with Crippen LogP contribution in [0.5, 0.6) is 0 Å². The van der Waals surface area contributed by atoms with E-state index < -0.39 is 17.6 Å². The quantitative estimate of drug-likeness (QED) is 0.753. The van der Waals surface area contributed by atoms with Gasteiger partial charge in [-0.3, -0.25) is 14.5 Å². The Morgan fingerprint density at radius 2 is 2.21 bits per heavy atom. The number of aryl methyl sites for hydroxylation is 1. The van der Waals surface area contributed by atoms with Crippen LogP contribution in [0.4, 0.5) is 19.1 Å². The first-order valence-electron chi connectivity index (χ1n) is 6.75. The Labute approximate surface area is 137 Å². The number of carbonyl (C=O) groups is 1. The maximum atomic E-state index is 13.0. The first-order valence-corrected chi connectivity index (χ1v) is 7.13. The first-order chi connectivity index (χ1) is 11.3. The fourth-order valence-electron chi connectivity index (χ4n) is 2.23. The molecule has 24 heavy (non-hydrogen) atoms. The second-order valence-corrected chi connectivity index (χ2v) is 5.22. The minimum absolute atomic E-state index is 0.0445. The number of H-pyrrole nitrogens is 1. The van der Waals surface area contributed by atoms with Gasteiger partial charge in [0, 0.05) is 6.20 Å². The number of aromatic amines is 1. The van der Waals surface area contributed by atoms with Crippen molar-refractivity contribution in [3.63, 3.8) is 0 Å². The summed E-state index contributed by atoms with van der Waals surface area (Å²) in [6, 6.07) is 0.779. The van der Waals surface area contributed by atoms with E-state index in [0.29, 0.717) is 12.1 Å². The number of aromatic nitrogens is 5. The molecule has 3 rings (SSSR count). The normalized spacial score (nSPS) is 11.9. The van der Waals surface area contributed by atoms with Gasteiger partial charge in [-0.05, 0) is 12.5 Å². The lowest BCUT2D eigenvalue weighted by molar-refractivity contribution is -0.137. The van der Waals surface area contributed by atoms with E-state index in [1.165, 1.54) is 6.33 Å². The summed E-state index contributed by atoms with van der Waals surface area (Å²) in [4.78, 5) is 20.4. The second kappa shape index (κ2) is 5.78. The molecule has 0 bridgehead atoms. The molecule has 2 N–H and O–H groups in total. The number of rotatable bonds is 3. The van der Waals surface area contributed by atoms with Gasteiger partial charge in [0.2, 0.25) is 5.95 Å². The topological polar surface area (TPSA) is 88.0 Å². The fourth-order valence-corrected chi connectivity index (χ4v) is 2.48. The predicted octanol–water partition coefficient (Wildman–Crippen LogP) is 2.94. The molecule has 0 fully saturated rings. The molecule has 0 aromatic carbocycles. The maximum Gasteiger partial charge on any atom is 0.417 e. The highest BCUT2D eigenvalue weighted by Crippen LogP contribution is 2.33. The van der Waals surface area contributed by atoms with Crippen LogP contribution in [0.15, 0.2) is 18.6 Å². The standard InChI is InChI=1S/C13H10ClF3N6O/c1-2-8-9(11(24)21-12-18-5-19-22-12)23-4-6(13(15,16)17)3-7(14)10(23)20-8/h3-5H,2H2,1H3,(H2,18,19,21,22,24). The number of hydrogen-bond acceptors (Lipinski definition) is 4. The Hall–Kier alpha value is -2.62. The molecule has 126 valence electrons. The lowest BCUT2D eigenvalue weighted by Gasteiger charge is -2.09. The van der Waals surface area contributed by atoms with Crippen molar-refractivity contribution in [1.82, 2.24) is 24.6 Å². The summed E-state index contributed by atoms with van der Waals surface area (Å²) in [5.41, 5.74) is -0.636. The van der Waals surface area contributed by atoms with E-state index in [0.717, 1.165) is 16.7 Å². The molecular formula is C13H10ClF3N6O. The van der Waals surface area contributed by atoms with Crippen LogP contribution in [-0.4, -0.2) is 30.5 Å². The van der Waals surface area contributed by atoms with Gasteiger partial charge in [0.25, 0.3) is 5.91 Å². The minimum Gasteiger partial charge on any atom is -0.293 e. The van der Waals surface area contributed by atoms with Crippen molar-refractivity contribution in [3.8, 4) is 0 Å². The van der Waals surface area contributed by atoms with E-state index in [1.807, 2.05) is 0 Å². The van der Waals surface area contributed by atoms with Gasteiger partial charge in [-0.1, -0.05) is 18.5 Å². The molecule has 0 atom stereocenters. The zero-order valence-electron chi connectivity index (χ0n) is 12.1. The molecule has 0 aliphatic carbocycles. The van der Waals surface area contributed by atoms with Crippen LogP contribution < -0.4 is 5.32 Å². The Morgan fingerprint density at radius 1 is 1.46 bits per heavy atom. The fraction of sp³-hybridized carbons (Fsp3) is 0.231. The molecule has 7 nitrogen and oxygen atoms in total. The lowest BCUT2D eigenvalue weighted by atomic mass is 10.2. The molecule has 0 spiro atoms. The van der Waals surface area contributed by atoms with Crippen LogP contribution in [0.1, 0.15) is 28.7 Å². The summed E-state index contributed by atoms with van der Waals surface area (Å²) in [6.45, 7) is 1.73. The predicted molar refractivity (Wildman–Crippen MR) is 78.9 cm³/mol. The van der Waals surface area contributed by atoms with E-state index >= 15 is 0 Å². The summed E-state index contributed by atoms with van der Waals surface area (Å²) in [6.07, 6.45) is -2.29. The number of carbonyl (C=O) groups excluding carboxylic acids is 1. The van der Waals surface area contributed by atoms with E-state index in [1.54, 1.807) is 6.92 Å². The van der Waals surface area contributed by atoms with Crippen molar-refractivity contribution in [1.29, 1.82) is 0 Å². The Bertz CT molecular complexity index is 903. The molecule has 0 saturated carbocycles. The Morgan fingerprint density at radius 3 is 2.79 bits per heavy atom. The summed E-state index contributed by atoms with van der Waals surface area (Å²) in [5.74, 6) is -0.610. The van der Waals surface area contributed by atoms with Gasteiger partial charge in [-0.25, -0.2) is 10.1 Å². The van der Waals surface area contributed by atoms with Crippen molar-refractivity contribution < 1.29 is 18.0 Å². The van der Waals surface area contributed by atoms with Crippen molar-refractivity contribution in [2.75, 3.05) is 5.32 Å². The Kier molecular flexibility index (Phi) is 3.91. The van der Waals surface area contributed by atoms with Gasteiger partial charge in [0.05, 0.1) is 16.3 Å². The van der Waals surface area contributed by atoms with Crippen LogP contribution >= 0.6 is 11.6 Å². The number of fused-ring (bicyclic) bond motifs is 1. The van der Waals surface area contributed by atoms with Gasteiger partial charge >= 0.3 is 6.18 Å². The number of nitrogens with one attached hydrogen (secondary N) is 2. The second-order valence-electron chi connectivity index (χ2n) is 4.82. The van der Waals surface area contributed by atoms with Crippen molar-refractivity contribution >= 4 is 29.1 Å². The lowest BCUT2D eigenvalue weighted by Crippen LogP contribution is -2.18. The van der Waals surface area contributed by atoms with Crippen molar-refractivity contribution in [2.24, 2.45) is 0 Å². The van der Waals surface area contributed by atoms with Gasteiger partial charge < -0.3 is 0 Å². The molecule has 3 aromatic rings. The minimum atomic E-state index is -4.60. The van der Waals surface area contributed by atoms with Crippen LogP contribution in [0.2, 0.25) is 5.02 Å². The van der Waals surface area contributed by atoms with E-state index in [2.05, 4.69) is 25.5 Å². The number of amides is 1. The number of nitrogens with zero attached hydrogens (tertiary/aromatic N) is 4. The molecule has 0 saturated heterocycles. The number of imidazole rings is 1. The number of alkyl halides is 3. The maximum absolute atomic E-state index is 13.0. The monoisotopic (exact) mass is 358 g/mol.